The third-order valence-corrected chi connectivity index (χ3v) is 6.51. The Morgan fingerprint density at radius 3 is 2.47 bits per heavy atom. The predicted molar refractivity (Wildman–Crippen MR) is 115 cm³/mol. The van der Waals surface area contributed by atoms with E-state index >= 15 is 0 Å². The molecule has 2 aliphatic heterocycles. The first-order valence-corrected chi connectivity index (χ1v) is 10.7. The Hall–Kier alpha value is -2.57. The fraction of sp³-hybridized carbons (Fsp3) is 0.417. The Labute approximate surface area is 176 Å². The number of fused-ring (bicyclic) bond motifs is 2. The van der Waals surface area contributed by atoms with Crippen LogP contribution in [-0.4, -0.2) is 59.6 Å². The van der Waals surface area contributed by atoms with E-state index < -0.39 is 0 Å². The molecular weight excluding hydrogens is 379 g/mol. The fourth-order valence-electron chi connectivity index (χ4n) is 5.04. The van der Waals surface area contributed by atoms with Gasteiger partial charge in [0.15, 0.2) is 0 Å². The Balaban J connectivity index is 1.21. The minimum absolute atomic E-state index is 0.281. The monoisotopic (exact) mass is 406 g/mol. The summed E-state index contributed by atoms with van der Waals surface area (Å²) in [4.78, 5) is 13.7. The highest BCUT2D eigenvalue weighted by molar-refractivity contribution is 5.78. The number of hydrogen-bond donors (Lipinski definition) is 0. The fourth-order valence-corrected chi connectivity index (χ4v) is 5.04. The quantitative estimate of drug-likeness (QED) is 0.628. The molecule has 2 aliphatic rings. The van der Waals surface area contributed by atoms with Crippen molar-refractivity contribution < 1.29 is 9.13 Å². The van der Waals surface area contributed by atoms with E-state index in [1.54, 1.807) is 13.2 Å². The van der Waals surface area contributed by atoms with Crippen molar-refractivity contribution in [3.63, 3.8) is 0 Å². The van der Waals surface area contributed by atoms with Gasteiger partial charge in [0.25, 0.3) is 0 Å². The number of benzene rings is 1. The molecule has 3 aromatic rings. The van der Waals surface area contributed by atoms with Gasteiger partial charge in [-0.2, -0.15) is 0 Å². The van der Waals surface area contributed by atoms with Crippen molar-refractivity contribution in [1.82, 2.24) is 19.8 Å². The van der Waals surface area contributed by atoms with E-state index in [0.717, 1.165) is 39.3 Å². The molecule has 4 heterocycles. The molecule has 0 saturated carbocycles. The molecule has 0 N–H and O–H groups in total. The number of aromatic nitrogens is 2. The zero-order valence-corrected chi connectivity index (χ0v) is 17.3. The lowest BCUT2D eigenvalue weighted by molar-refractivity contribution is 0.252. The van der Waals surface area contributed by atoms with Crippen LogP contribution in [0, 0.1) is 17.7 Å². The zero-order valence-electron chi connectivity index (χ0n) is 17.3. The van der Waals surface area contributed by atoms with Crippen LogP contribution in [0.1, 0.15) is 11.1 Å². The lowest BCUT2D eigenvalue weighted by Crippen LogP contribution is -2.30. The van der Waals surface area contributed by atoms with Gasteiger partial charge >= 0.3 is 0 Å². The van der Waals surface area contributed by atoms with E-state index in [9.17, 15) is 4.39 Å². The molecule has 2 aromatic heterocycles. The number of hydrogen-bond acceptors (Lipinski definition) is 5. The van der Waals surface area contributed by atoms with Gasteiger partial charge in [0, 0.05) is 50.9 Å². The van der Waals surface area contributed by atoms with Crippen molar-refractivity contribution >= 4 is 11.0 Å². The number of ether oxygens (including phenoxy) is 1. The molecule has 2 atom stereocenters. The summed E-state index contributed by atoms with van der Waals surface area (Å²) in [5.74, 6) is 1.64. The van der Waals surface area contributed by atoms with Crippen LogP contribution in [-0.2, 0) is 13.0 Å². The summed E-state index contributed by atoms with van der Waals surface area (Å²) in [6, 6.07) is 14.3. The van der Waals surface area contributed by atoms with Gasteiger partial charge < -0.3 is 9.64 Å². The minimum atomic E-state index is -0.281. The van der Waals surface area contributed by atoms with Gasteiger partial charge in [-0.15, -0.1) is 0 Å². The molecule has 5 nitrogen and oxygen atoms in total. The Bertz CT molecular complexity index is 1010. The highest BCUT2D eigenvalue weighted by atomic mass is 19.1. The summed E-state index contributed by atoms with van der Waals surface area (Å²) in [5, 5.41) is 0. The average Bonchev–Trinajstić information content (AvgIpc) is 3.31. The minimum Gasteiger partial charge on any atom is -0.481 e. The lowest BCUT2D eigenvalue weighted by Gasteiger charge is -2.21. The van der Waals surface area contributed by atoms with E-state index in [-0.39, 0.29) is 5.82 Å². The highest BCUT2D eigenvalue weighted by Crippen LogP contribution is 2.32. The van der Waals surface area contributed by atoms with Gasteiger partial charge in [-0.25, -0.2) is 9.37 Å². The zero-order chi connectivity index (χ0) is 20.5. The Morgan fingerprint density at radius 2 is 1.73 bits per heavy atom. The largest absolute Gasteiger partial charge is 0.481 e. The molecule has 0 aliphatic carbocycles. The van der Waals surface area contributed by atoms with Crippen LogP contribution in [0.15, 0.2) is 48.7 Å². The number of rotatable bonds is 6. The summed E-state index contributed by atoms with van der Waals surface area (Å²) in [6.07, 6.45) is 1.95. The predicted octanol–water partition coefficient (Wildman–Crippen LogP) is 3.38. The van der Waals surface area contributed by atoms with Crippen LogP contribution in [0.3, 0.4) is 0 Å². The molecular formula is C24H27FN4O. The third-order valence-electron chi connectivity index (χ3n) is 6.51. The van der Waals surface area contributed by atoms with Crippen LogP contribution in [0.5, 0.6) is 5.88 Å². The smallest absolute Gasteiger partial charge is 0.213 e. The van der Waals surface area contributed by atoms with E-state index in [4.69, 9.17) is 4.74 Å². The number of pyridine rings is 2. The van der Waals surface area contributed by atoms with Crippen LogP contribution < -0.4 is 4.74 Å². The first-order valence-electron chi connectivity index (χ1n) is 10.7. The molecule has 6 heteroatoms. The molecule has 5 rings (SSSR count). The molecule has 0 amide bonds. The summed E-state index contributed by atoms with van der Waals surface area (Å²) in [5.41, 5.74) is 3.35. The molecule has 30 heavy (non-hydrogen) atoms. The second kappa shape index (κ2) is 8.28. The van der Waals surface area contributed by atoms with Gasteiger partial charge in [-0.05, 0) is 29.9 Å². The first-order chi connectivity index (χ1) is 14.7. The van der Waals surface area contributed by atoms with Crippen molar-refractivity contribution in [3.8, 4) is 5.88 Å². The SMILES string of the molecule is COc1ccc2ncc(F)c(CCN3CC4CN(Cc5ccccc5)CC4C3)c2n1. The summed E-state index contributed by atoms with van der Waals surface area (Å²) < 4.78 is 19.8. The topological polar surface area (TPSA) is 41.5 Å². The average molecular weight is 407 g/mol. The van der Waals surface area contributed by atoms with E-state index in [2.05, 4.69) is 50.1 Å². The molecule has 1 aromatic carbocycles. The van der Waals surface area contributed by atoms with Crippen LogP contribution in [0.4, 0.5) is 4.39 Å². The number of methoxy groups -OCH3 is 1. The van der Waals surface area contributed by atoms with Crippen LogP contribution >= 0.6 is 0 Å². The molecule has 0 spiro atoms. The standard InChI is InChI=1S/C24H27FN4O/c1-30-23-8-7-22-24(27-23)20(21(25)11-26-22)9-10-28-13-18-15-29(16-19(18)14-28)12-17-5-3-2-4-6-17/h2-8,11,18-19H,9-10,12-16H2,1H3. The maximum atomic E-state index is 14.5. The van der Waals surface area contributed by atoms with Gasteiger partial charge in [-0.3, -0.25) is 9.88 Å². The van der Waals surface area contributed by atoms with Gasteiger partial charge in [-0.1, -0.05) is 30.3 Å². The normalized spacial score (nSPS) is 21.9. The van der Waals surface area contributed by atoms with E-state index in [1.165, 1.54) is 11.8 Å². The number of likely N-dealkylation sites (tertiary alicyclic amines) is 2. The van der Waals surface area contributed by atoms with Crippen LogP contribution in [0.25, 0.3) is 11.0 Å². The molecule has 2 saturated heterocycles. The molecule has 2 unspecified atom stereocenters. The lowest BCUT2D eigenvalue weighted by atomic mass is 10.0. The molecule has 2 fully saturated rings. The van der Waals surface area contributed by atoms with Crippen molar-refractivity contribution in [1.29, 1.82) is 0 Å². The number of halogens is 1. The first kappa shape index (κ1) is 19.4. The van der Waals surface area contributed by atoms with Gasteiger partial charge in [0.2, 0.25) is 5.88 Å². The Kier molecular flexibility index (Phi) is 5.35. The van der Waals surface area contributed by atoms with E-state index in [0.29, 0.717) is 40.7 Å². The third kappa shape index (κ3) is 3.89. The Morgan fingerprint density at radius 1 is 1.00 bits per heavy atom. The molecule has 0 bridgehead atoms. The highest BCUT2D eigenvalue weighted by Gasteiger charge is 2.39. The number of nitrogens with zero attached hydrogens (tertiary/aromatic N) is 4. The maximum Gasteiger partial charge on any atom is 0.213 e. The van der Waals surface area contributed by atoms with Gasteiger partial charge in [0.05, 0.1) is 24.3 Å². The second-order valence-corrected chi connectivity index (χ2v) is 8.52. The van der Waals surface area contributed by atoms with Crippen molar-refractivity contribution in [3.05, 3.63) is 65.6 Å². The van der Waals surface area contributed by atoms with Crippen molar-refractivity contribution in [2.75, 3.05) is 39.8 Å². The van der Waals surface area contributed by atoms with Gasteiger partial charge in [0.1, 0.15) is 5.82 Å². The second-order valence-electron chi connectivity index (χ2n) is 8.52. The summed E-state index contributed by atoms with van der Waals surface area (Å²) in [6.45, 7) is 6.38. The summed E-state index contributed by atoms with van der Waals surface area (Å²) in [7, 11) is 1.57. The maximum absolute atomic E-state index is 14.5. The van der Waals surface area contributed by atoms with Crippen molar-refractivity contribution in [2.45, 2.75) is 13.0 Å². The van der Waals surface area contributed by atoms with Crippen LogP contribution in [0.2, 0.25) is 0 Å². The molecule has 0 radical (unpaired) electrons. The summed E-state index contributed by atoms with van der Waals surface area (Å²) >= 11 is 0. The van der Waals surface area contributed by atoms with Crippen molar-refractivity contribution in [2.24, 2.45) is 11.8 Å². The molecule has 156 valence electrons. The van der Waals surface area contributed by atoms with E-state index in [1.807, 2.05) is 6.07 Å².